The summed E-state index contributed by atoms with van der Waals surface area (Å²) in [6, 6.07) is 7.43. The molecule has 1 fully saturated rings. The Morgan fingerprint density at radius 3 is 2.38 bits per heavy atom. The zero-order valence-corrected chi connectivity index (χ0v) is 16.3. The van der Waals surface area contributed by atoms with E-state index in [0.29, 0.717) is 5.88 Å². The van der Waals surface area contributed by atoms with Crippen LogP contribution in [-0.4, -0.2) is 42.0 Å². The van der Waals surface area contributed by atoms with Crippen molar-refractivity contribution in [2.24, 2.45) is 0 Å². The molecule has 1 N–H and O–H groups in total. The zero-order chi connectivity index (χ0) is 20.8. The predicted octanol–water partition coefficient (Wildman–Crippen LogP) is 4.22. The van der Waals surface area contributed by atoms with Gasteiger partial charge in [-0.3, -0.25) is 4.79 Å². The minimum Gasteiger partial charge on any atom is -0.474 e. The molecule has 1 saturated heterocycles. The van der Waals surface area contributed by atoms with Crippen molar-refractivity contribution in [3.8, 4) is 5.88 Å². The summed E-state index contributed by atoms with van der Waals surface area (Å²) in [6.45, 7) is -0.992. The van der Waals surface area contributed by atoms with Crippen LogP contribution in [0.15, 0.2) is 30.3 Å². The molecular formula is C21H24F3N3O2. The van der Waals surface area contributed by atoms with E-state index >= 15 is 0 Å². The van der Waals surface area contributed by atoms with Crippen LogP contribution in [0.5, 0.6) is 5.88 Å². The van der Waals surface area contributed by atoms with Gasteiger partial charge in [0.05, 0.1) is 5.56 Å². The number of carbonyl (C=O) groups excluding carboxylic acids is 1. The third-order valence-electron chi connectivity index (χ3n) is 4.95. The van der Waals surface area contributed by atoms with E-state index < -0.39 is 25.9 Å². The number of ether oxygens (including phenoxy) is 1. The Kier molecular flexibility index (Phi) is 7.09. The van der Waals surface area contributed by atoms with Gasteiger partial charge in [0, 0.05) is 19.2 Å². The molecule has 1 aromatic heterocycles. The number of hydrogen-bond donors (Lipinski definition) is 1. The number of likely N-dealkylation sites (tertiary alicyclic amines) is 1. The van der Waals surface area contributed by atoms with Crippen LogP contribution in [0.1, 0.15) is 39.9 Å². The lowest BCUT2D eigenvalue weighted by Gasteiger charge is -2.28. The molecular weight excluding hydrogens is 383 g/mol. The molecule has 1 aromatic carbocycles. The van der Waals surface area contributed by atoms with E-state index in [-0.39, 0.29) is 34.2 Å². The summed E-state index contributed by atoms with van der Waals surface area (Å²) in [5.74, 6) is -0.106. The normalized spacial score (nSPS) is 15.3. The van der Waals surface area contributed by atoms with Gasteiger partial charge in [-0.2, -0.15) is 4.98 Å². The molecule has 0 atom stereocenters. The van der Waals surface area contributed by atoms with Crippen molar-refractivity contribution in [1.29, 1.82) is 0 Å². The Bertz CT molecular complexity index is 830. The molecule has 1 amide bonds. The van der Waals surface area contributed by atoms with Crippen molar-refractivity contribution in [2.75, 3.05) is 25.5 Å². The van der Waals surface area contributed by atoms with E-state index in [4.69, 9.17) is 4.74 Å². The number of rotatable bonds is 7. The molecule has 0 saturated carbocycles. The van der Waals surface area contributed by atoms with Gasteiger partial charge in [0.25, 0.3) is 5.91 Å². The standard InChI is InChI=1S/C21H24F3N3O2/c1-27-7-5-17(6-8-27)29-19-4-2-3-18(25-19)26-21(28)20-15(12-23)9-14(11-22)10-16(20)13-24/h2-4,9-10,17H,5-8,11-13H2,1H3,(H,25,26,28). The summed E-state index contributed by atoms with van der Waals surface area (Å²) >= 11 is 0. The summed E-state index contributed by atoms with van der Waals surface area (Å²) in [4.78, 5) is 19.2. The first-order valence-corrected chi connectivity index (χ1v) is 9.50. The predicted molar refractivity (Wildman–Crippen MR) is 104 cm³/mol. The molecule has 0 spiro atoms. The molecule has 0 aliphatic carbocycles. The lowest BCUT2D eigenvalue weighted by Crippen LogP contribution is -2.35. The molecule has 5 nitrogen and oxygen atoms in total. The van der Waals surface area contributed by atoms with Gasteiger partial charge in [0.2, 0.25) is 5.88 Å². The maximum absolute atomic E-state index is 13.4. The number of anilines is 1. The topological polar surface area (TPSA) is 54.5 Å². The van der Waals surface area contributed by atoms with Crippen molar-refractivity contribution in [1.82, 2.24) is 9.88 Å². The maximum atomic E-state index is 13.4. The van der Waals surface area contributed by atoms with Crippen molar-refractivity contribution in [3.05, 3.63) is 52.6 Å². The van der Waals surface area contributed by atoms with Gasteiger partial charge in [0.1, 0.15) is 31.9 Å². The number of halogens is 3. The molecule has 8 heteroatoms. The number of piperidine rings is 1. The first-order chi connectivity index (χ1) is 14.0. The summed E-state index contributed by atoms with van der Waals surface area (Å²) in [7, 11) is 2.06. The van der Waals surface area contributed by atoms with E-state index in [1.165, 1.54) is 12.1 Å². The number of hydrogen-bond acceptors (Lipinski definition) is 4. The highest BCUT2D eigenvalue weighted by atomic mass is 19.1. The van der Waals surface area contributed by atoms with Crippen molar-refractivity contribution < 1.29 is 22.7 Å². The average Bonchev–Trinajstić information content (AvgIpc) is 2.74. The number of pyridine rings is 1. The van der Waals surface area contributed by atoms with Gasteiger partial charge in [0.15, 0.2) is 0 Å². The Morgan fingerprint density at radius 2 is 1.79 bits per heavy atom. The highest BCUT2D eigenvalue weighted by Gasteiger charge is 2.20. The highest BCUT2D eigenvalue weighted by molar-refractivity contribution is 6.06. The third-order valence-corrected chi connectivity index (χ3v) is 4.95. The van der Waals surface area contributed by atoms with Crippen LogP contribution in [-0.2, 0) is 20.0 Å². The molecule has 0 bridgehead atoms. The van der Waals surface area contributed by atoms with Crippen LogP contribution in [0.25, 0.3) is 0 Å². The molecule has 0 radical (unpaired) electrons. The quantitative estimate of drug-likeness (QED) is 0.747. The minimum atomic E-state index is -1.00. The first kappa shape index (κ1) is 21.1. The van der Waals surface area contributed by atoms with E-state index in [0.717, 1.165) is 25.9 Å². The molecule has 1 aliphatic heterocycles. The lowest BCUT2D eigenvalue weighted by atomic mass is 9.98. The molecule has 156 valence electrons. The summed E-state index contributed by atoms with van der Waals surface area (Å²) in [5.41, 5.74) is -0.0998. The molecule has 1 aliphatic rings. The van der Waals surface area contributed by atoms with Crippen molar-refractivity contribution in [3.63, 3.8) is 0 Å². The van der Waals surface area contributed by atoms with E-state index in [9.17, 15) is 18.0 Å². The number of amides is 1. The second-order valence-corrected chi connectivity index (χ2v) is 7.13. The van der Waals surface area contributed by atoms with Gasteiger partial charge in [-0.1, -0.05) is 6.07 Å². The van der Waals surface area contributed by atoms with Crippen LogP contribution in [0.4, 0.5) is 19.0 Å². The molecule has 3 rings (SSSR count). The molecule has 0 unspecified atom stereocenters. The first-order valence-electron chi connectivity index (χ1n) is 9.50. The van der Waals surface area contributed by atoms with Crippen LogP contribution >= 0.6 is 0 Å². The largest absolute Gasteiger partial charge is 0.474 e. The SMILES string of the molecule is CN1CCC(Oc2cccc(NC(=O)c3c(CF)cc(CF)cc3CF)n2)CC1. The Hall–Kier alpha value is -2.61. The fraction of sp³-hybridized carbons (Fsp3) is 0.429. The van der Waals surface area contributed by atoms with E-state index in [2.05, 4.69) is 22.2 Å². The molecule has 2 heterocycles. The number of carbonyl (C=O) groups is 1. The van der Waals surface area contributed by atoms with E-state index in [1.807, 2.05) is 0 Å². The number of alkyl halides is 3. The molecule has 2 aromatic rings. The van der Waals surface area contributed by atoms with Gasteiger partial charge >= 0.3 is 0 Å². The van der Waals surface area contributed by atoms with E-state index in [1.54, 1.807) is 18.2 Å². The van der Waals surface area contributed by atoms with Crippen LogP contribution in [0, 0.1) is 0 Å². The summed E-state index contributed by atoms with van der Waals surface area (Å²) in [6.07, 6.45) is 1.82. The average molecular weight is 407 g/mol. The van der Waals surface area contributed by atoms with Gasteiger partial charge in [-0.05, 0) is 54.8 Å². The Labute approximate surface area is 167 Å². The maximum Gasteiger partial charge on any atom is 0.257 e. The second-order valence-electron chi connectivity index (χ2n) is 7.13. The van der Waals surface area contributed by atoms with Crippen LogP contribution < -0.4 is 10.1 Å². The summed E-state index contributed by atoms with van der Waals surface area (Å²) in [5, 5.41) is 2.56. The van der Waals surface area contributed by atoms with Crippen LogP contribution in [0.2, 0.25) is 0 Å². The number of aromatic nitrogens is 1. The second kappa shape index (κ2) is 9.73. The van der Waals surface area contributed by atoms with Gasteiger partial charge in [-0.25, -0.2) is 13.2 Å². The number of nitrogens with zero attached hydrogens (tertiary/aromatic N) is 2. The van der Waals surface area contributed by atoms with Crippen molar-refractivity contribution >= 4 is 11.7 Å². The highest BCUT2D eigenvalue weighted by Crippen LogP contribution is 2.23. The minimum absolute atomic E-state index is 0.0502. The lowest BCUT2D eigenvalue weighted by molar-refractivity contribution is 0.102. The Balaban J connectivity index is 1.76. The molecule has 29 heavy (non-hydrogen) atoms. The Morgan fingerprint density at radius 1 is 1.14 bits per heavy atom. The smallest absolute Gasteiger partial charge is 0.257 e. The van der Waals surface area contributed by atoms with Crippen LogP contribution in [0.3, 0.4) is 0 Å². The zero-order valence-electron chi connectivity index (χ0n) is 16.3. The summed E-state index contributed by atoms with van der Waals surface area (Å²) < 4.78 is 45.6. The van der Waals surface area contributed by atoms with Gasteiger partial charge in [-0.15, -0.1) is 0 Å². The number of nitrogens with one attached hydrogen (secondary N) is 1. The van der Waals surface area contributed by atoms with Crippen molar-refractivity contribution in [2.45, 2.75) is 39.0 Å². The van der Waals surface area contributed by atoms with Gasteiger partial charge < -0.3 is 15.0 Å². The number of benzene rings is 1. The fourth-order valence-electron chi connectivity index (χ4n) is 3.42. The third kappa shape index (κ3) is 5.26. The fourth-order valence-corrected chi connectivity index (χ4v) is 3.42. The monoisotopic (exact) mass is 407 g/mol.